The number of aromatic nitrogens is 1. The molecule has 0 saturated carbocycles. The van der Waals surface area contributed by atoms with E-state index in [1.165, 1.54) is 37.0 Å². The summed E-state index contributed by atoms with van der Waals surface area (Å²) in [7, 11) is 0. The number of rotatable bonds is 3. The molecule has 2 heterocycles. The molecule has 2 N–H and O–H groups in total. The second-order valence-corrected chi connectivity index (χ2v) is 5.46. The molecule has 5 heteroatoms. The summed E-state index contributed by atoms with van der Waals surface area (Å²) in [5.41, 5.74) is 0. The second kappa shape index (κ2) is 6.70. The predicted molar refractivity (Wildman–Crippen MR) is 73.1 cm³/mol. The van der Waals surface area contributed by atoms with Gasteiger partial charge in [-0.1, -0.05) is 11.6 Å². The molecule has 0 unspecified atom stereocenters. The number of carbonyl (C=O) groups is 1. The highest BCUT2D eigenvalue weighted by Gasteiger charge is 2.25. The molecule has 19 heavy (non-hydrogen) atoms. The summed E-state index contributed by atoms with van der Waals surface area (Å²) in [6.07, 6.45) is 6.36. The summed E-state index contributed by atoms with van der Waals surface area (Å²) >= 11 is 0. The van der Waals surface area contributed by atoms with E-state index in [2.05, 4.69) is 10.5 Å². The summed E-state index contributed by atoms with van der Waals surface area (Å²) in [5, 5.41) is 6.63. The van der Waals surface area contributed by atoms with E-state index in [1.807, 2.05) is 13.8 Å². The molecule has 5 nitrogen and oxygen atoms in total. The van der Waals surface area contributed by atoms with Crippen molar-refractivity contribution in [1.82, 2.24) is 5.16 Å². The Bertz CT molecular complexity index is 409. The third-order valence-corrected chi connectivity index (χ3v) is 3.88. The topological polar surface area (TPSA) is 59.6 Å². The monoisotopic (exact) mass is 266 g/mol. The number of quaternary nitrogens is 1. The zero-order valence-electron chi connectivity index (χ0n) is 11.9. The van der Waals surface area contributed by atoms with Crippen LogP contribution in [0.1, 0.15) is 44.8 Å². The lowest BCUT2D eigenvalue weighted by Crippen LogP contribution is -3.16. The van der Waals surface area contributed by atoms with Gasteiger partial charge in [0.05, 0.1) is 13.1 Å². The van der Waals surface area contributed by atoms with E-state index in [-0.39, 0.29) is 11.9 Å². The maximum absolute atomic E-state index is 12.2. The summed E-state index contributed by atoms with van der Waals surface area (Å²) in [5.74, 6) is 1.26. The van der Waals surface area contributed by atoms with Crippen LogP contribution in [0.5, 0.6) is 0 Å². The van der Waals surface area contributed by atoms with Crippen LogP contribution in [0.25, 0.3) is 0 Å². The van der Waals surface area contributed by atoms with Crippen molar-refractivity contribution in [1.29, 1.82) is 0 Å². The number of carbonyl (C=O) groups excluding carboxylic acids is 1. The van der Waals surface area contributed by atoms with Gasteiger partial charge in [0.25, 0.3) is 5.91 Å². The number of likely N-dealkylation sites (tertiary alicyclic amines) is 1. The molecular weight excluding hydrogens is 242 g/mol. The van der Waals surface area contributed by atoms with E-state index in [1.54, 1.807) is 6.07 Å². The van der Waals surface area contributed by atoms with Gasteiger partial charge in [0, 0.05) is 6.07 Å². The maximum atomic E-state index is 12.2. The smallest absolute Gasteiger partial charge is 0.283 e. The van der Waals surface area contributed by atoms with Crippen molar-refractivity contribution in [2.45, 2.75) is 52.0 Å². The molecule has 1 saturated heterocycles. The summed E-state index contributed by atoms with van der Waals surface area (Å²) < 4.78 is 4.96. The van der Waals surface area contributed by atoms with Gasteiger partial charge in [-0.15, -0.1) is 0 Å². The fourth-order valence-electron chi connectivity index (χ4n) is 2.64. The van der Waals surface area contributed by atoms with Gasteiger partial charge < -0.3 is 14.7 Å². The van der Waals surface area contributed by atoms with Crippen molar-refractivity contribution >= 4 is 11.7 Å². The van der Waals surface area contributed by atoms with E-state index in [0.717, 1.165) is 13.1 Å². The summed E-state index contributed by atoms with van der Waals surface area (Å²) in [4.78, 5) is 13.6. The van der Waals surface area contributed by atoms with Crippen molar-refractivity contribution in [3.8, 4) is 0 Å². The standard InChI is InChI=1S/C14H23N3O2/c1-11-10-13(16-19-11)15-14(18)12(2)17-8-6-4-3-5-7-9-17/h10,12H,3-9H2,1-2H3,(H,15,16,18)/p+1/t12-/m1/s1. The number of nitrogens with zero attached hydrogens (tertiary/aromatic N) is 1. The largest absolute Gasteiger partial charge is 0.360 e. The number of anilines is 1. The van der Waals surface area contributed by atoms with E-state index >= 15 is 0 Å². The van der Waals surface area contributed by atoms with Gasteiger partial charge in [-0.05, 0) is 39.5 Å². The Kier molecular flexibility index (Phi) is 4.96. The average molecular weight is 266 g/mol. The number of hydrogen-bond donors (Lipinski definition) is 2. The molecule has 106 valence electrons. The third kappa shape index (κ3) is 4.06. The van der Waals surface area contributed by atoms with E-state index in [0.29, 0.717) is 11.6 Å². The SMILES string of the molecule is Cc1cc(NC(=O)[C@@H](C)[NH+]2CCCCCCC2)no1. The Hall–Kier alpha value is -1.36. The number of aryl methyl sites for hydroxylation is 1. The van der Waals surface area contributed by atoms with Crippen LogP contribution in [-0.4, -0.2) is 30.2 Å². The molecule has 0 aromatic carbocycles. The van der Waals surface area contributed by atoms with Crippen LogP contribution in [0.4, 0.5) is 5.82 Å². The lowest BCUT2D eigenvalue weighted by Gasteiger charge is -2.26. The van der Waals surface area contributed by atoms with Crippen LogP contribution < -0.4 is 10.2 Å². The quantitative estimate of drug-likeness (QED) is 0.863. The normalized spacial score (nSPS) is 19.5. The van der Waals surface area contributed by atoms with Crippen LogP contribution in [0, 0.1) is 6.92 Å². The van der Waals surface area contributed by atoms with Crippen LogP contribution in [0.3, 0.4) is 0 Å². The molecule has 1 aliphatic rings. The van der Waals surface area contributed by atoms with Crippen molar-refractivity contribution < 1.29 is 14.2 Å². The Balaban J connectivity index is 1.89. The molecule has 2 rings (SSSR count). The Morgan fingerprint density at radius 2 is 1.95 bits per heavy atom. The molecule has 0 bridgehead atoms. The first-order valence-electron chi connectivity index (χ1n) is 7.25. The van der Waals surface area contributed by atoms with Crippen LogP contribution in [-0.2, 0) is 4.79 Å². The fourth-order valence-corrected chi connectivity index (χ4v) is 2.64. The van der Waals surface area contributed by atoms with Crippen molar-refractivity contribution in [3.63, 3.8) is 0 Å². The minimum Gasteiger partial charge on any atom is -0.360 e. The van der Waals surface area contributed by atoms with E-state index < -0.39 is 0 Å². The van der Waals surface area contributed by atoms with Crippen molar-refractivity contribution in [2.24, 2.45) is 0 Å². The minimum atomic E-state index is -0.0323. The van der Waals surface area contributed by atoms with E-state index in [9.17, 15) is 4.79 Å². The maximum Gasteiger partial charge on any atom is 0.283 e. The van der Waals surface area contributed by atoms with Crippen LogP contribution >= 0.6 is 0 Å². The van der Waals surface area contributed by atoms with Gasteiger partial charge in [0.1, 0.15) is 5.76 Å². The summed E-state index contributed by atoms with van der Waals surface area (Å²) in [6, 6.07) is 1.71. The van der Waals surface area contributed by atoms with Gasteiger partial charge in [0.15, 0.2) is 11.9 Å². The Morgan fingerprint density at radius 3 is 2.53 bits per heavy atom. The molecule has 0 radical (unpaired) electrons. The zero-order valence-corrected chi connectivity index (χ0v) is 11.9. The first kappa shape index (κ1) is 14.1. The molecule has 0 aliphatic carbocycles. The number of hydrogen-bond acceptors (Lipinski definition) is 3. The molecule has 0 spiro atoms. The molecule has 1 aromatic heterocycles. The highest BCUT2D eigenvalue weighted by atomic mass is 16.5. The molecule has 1 amide bonds. The van der Waals surface area contributed by atoms with Gasteiger partial charge in [0.2, 0.25) is 0 Å². The Morgan fingerprint density at radius 1 is 1.32 bits per heavy atom. The number of nitrogens with one attached hydrogen (secondary N) is 2. The zero-order chi connectivity index (χ0) is 13.7. The molecule has 1 aliphatic heterocycles. The minimum absolute atomic E-state index is 0.0314. The van der Waals surface area contributed by atoms with Gasteiger partial charge in [-0.2, -0.15) is 0 Å². The van der Waals surface area contributed by atoms with Gasteiger partial charge in [-0.3, -0.25) is 4.79 Å². The fraction of sp³-hybridized carbons (Fsp3) is 0.714. The average Bonchev–Trinajstić information content (AvgIpc) is 2.73. The molecular formula is C14H24N3O2+. The van der Waals surface area contributed by atoms with Crippen molar-refractivity contribution in [2.75, 3.05) is 18.4 Å². The third-order valence-electron chi connectivity index (χ3n) is 3.88. The first-order valence-corrected chi connectivity index (χ1v) is 7.25. The lowest BCUT2D eigenvalue weighted by atomic mass is 10.1. The number of amides is 1. The Labute approximate surface area is 114 Å². The van der Waals surface area contributed by atoms with E-state index in [4.69, 9.17) is 4.52 Å². The molecule has 1 aromatic rings. The van der Waals surface area contributed by atoms with Crippen molar-refractivity contribution in [3.05, 3.63) is 11.8 Å². The van der Waals surface area contributed by atoms with Crippen LogP contribution in [0.15, 0.2) is 10.6 Å². The lowest BCUT2D eigenvalue weighted by molar-refractivity contribution is -0.914. The molecule has 1 atom stereocenters. The second-order valence-electron chi connectivity index (χ2n) is 5.46. The molecule has 1 fully saturated rings. The first-order chi connectivity index (χ1) is 9.16. The van der Waals surface area contributed by atoms with Gasteiger partial charge >= 0.3 is 0 Å². The highest BCUT2D eigenvalue weighted by molar-refractivity contribution is 5.92. The van der Waals surface area contributed by atoms with Crippen LogP contribution in [0.2, 0.25) is 0 Å². The predicted octanol–water partition coefficient (Wildman–Crippen LogP) is 1.16. The summed E-state index contributed by atoms with van der Waals surface area (Å²) in [6.45, 7) is 5.99. The highest BCUT2D eigenvalue weighted by Crippen LogP contribution is 2.07. The van der Waals surface area contributed by atoms with Gasteiger partial charge in [-0.25, -0.2) is 0 Å².